The van der Waals surface area contributed by atoms with Gasteiger partial charge in [-0.1, -0.05) is 78.7 Å². The van der Waals surface area contributed by atoms with E-state index in [9.17, 15) is 4.79 Å². The van der Waals surface area contributed by atoms with Gasteiger partial charge in [-0.05, 0) is 30.0 Å². The van der Waals surface area contributed by atoms with Crippen molar-refractivity contribution in [2.75, 3.05) is 14.2 Å². The zero-order valence-electron chi connectivity index (χ0n) is 22.1. The quantitative estimate of drug-likeness (QED) is 0.173. The van der Waals surface area contributed by atoms with Crippen molar-refractivity contribution < 1.29 is 23.4 Å². The van der Waals surface area contributed by atoms with Gasteiger partial charge in [0, 0.05) is 20.6 Å². The monoisotopic (exact) mass is 468 g/mol. The number of carbonyl (C=O) groups is 1. The van der Waals surface area contributed by atoms with Crippen LogP contribution in [0.4, 0.5) is 0 Å². The van der Waals surface area contributed by atoms with Gasteiger partial charge in [0.25, 0.3) is 0 Å². The number of hydrogen-bond acceptors (Lipinski definition) is 5. The molecule has 1 rings (SSSR count). The summed E-state index contributed by atoms with van der Waals surface area (Å²) in [7, 11) is 1.22. The van der Waals surface area contributed by atoms with Gasteiger partial charge in [0.15, 0.2) is 0 Å². The molecular weight excluding hydrogens is 420 g/mol. The van der Waals surface area contributed by atoms with E-state index in [1.54, 1.807) is 14.2 Å². The Bertz CT molecular complexity index is 604. The maximum atomic E-state index is 12.3. The first kappa shape index (κ1) is 29.1. The molecule has 4 atom stereocenters. The van der Waals surface area contributed by atoms with Crippen LogP contribution >= 0.6 is 0 Å². The number of carbonyl (C=O) groups excluding carboxylic acids is 1. The van der Waals surface area contributed by atoms with Gasteiger partial charge >= 0.3 is 5.97 Å². The highest BCUT2D eigenvalue weighted by Gasteiger charge is 2.48. The Balaban J connectivity index is 3.34. The predicted molar refractivity (Wildman–Crippen MR) is 134 cm³/mol. The number of methoxy groups -OCH3 is 2. The normalized spacial score (nSPS) is 22.8. The van der Waals surface area contributed by atoms with Crippen molar-refractivity contribution in [3.05, 3.63) is 23.8 Å². The molecule has 0 spiro atoms. The minimum atomic E-state index is -2.19. The fourth-order valence-electron chi connectivity index (χ4n) is 5.19. The lowest BCUT2D eigenvalue weighted by molar-refractivity contribution is -0.167. The third-order valence-electron chi connectivity index (χ3n) is 6.80. The molecule has 5 nitrogen and oxygen atoms in total. The van der Waals surface area contributed by atoms with Crippen LogP contribution in [0.2, 0.25) is 16.6 Å². The summed E-state index contributed by atoms with van der Waals surface area (Å²) in [5.41, 5.74) is 2.40. The molecule has 1 saturated heterocycles. The van der Waals surface area contributed by atoms with E-state index in [-0.39, 0.29) is 30.4 Å². The van der Waals surface area contributed by atoms with Gasteiger partial charge < -0.3 is 18.6 Å². The van der Waals surface area contributed by atoms with Crippen LogP contribution < -0.4 is 0 Å². The van der Waals surface area contributed by atoms with Gasteiger partial charge in [-0.2, -0.15) is 0 Å². The third kappa shape index (κ3) is 7.82. The molecule has 6 heteroatoms. The van der Waals surface area contributed by atoms with Gasteiger partial charge in [0.05, 0.1) is 18.6 Å². The van der Waals surface area contributed by atoms with E-state index in [1.807, 2.05) is 0 Å². The SMILES string of the molecule is CCC[C@H](C=CC(C)=CC(O[Si](C(C)C)(C(C)C)C(C)C)[C@H]1C[C@@H](OC)CC(=O)O1)OC. The number of rotatable bonds is 13. The number of allylic oxidation sites excluding steroid dienone is 2. The third-order valence-corrected chi connectivity index (χ3v) is 12.9. The molecule has 0 aliphatic carbocycles. The van der Waals surface area contributed by atoms with E-state index in [4.69, 9.17) is 18.6 Å². The number of cyclic esters (lactones) is 1. The highest BCUT2D eigenvalue weighted by Crippen LogP contribution is 2.44. The Labute approximate surface area is 198 Å². The second-order valence-corrected chi connectivity index (χ2v) is 15.5. The van der Waals surface area contributed by atoms with Crippen molar-refractivity contribution in [1.82, 2.24) is 0 Å². The van der Waals surface area contributed by atoms with E-state index in [0.29, 0.717) is 29.5 Å². The van der Waals surface area contributed by atoms with E-state index in [1.165, 1.54) is 0 Å². The summed E-state index contributed by atoms with van der Waals surface area (Å²) in [6.45, 7) is 17.9. The van der Waals surface area contributed by atoms with E-state index in [0.717, 1.165) is 18.4 Å². The second kappa shape index (κ2) is 13.7. The first-order valence-corrected chi connectivity index (χ1v) is 14.4. The Hall–Kier alpha value is -0.953. The zero-order chi connectivity index (χ0) is 24.5. The molecule has 0 N–H and O–H groups in total. The van der Waals surface area contributed by atoms with Crippen LogP contribution in [-0.4, -0.2) is 52.9 Å². The number of ether oxygens (including phenoxy) is 3. The number of hydrogen-bond donors (Lipinski definition) is 0. The van der Waals surface area contributed by atoms with Gasteiger partial charge in [-0.15, -0.1) is 0 Å². The van der Waals surface area contributed by atoms with Crippen LogP contribution in [0.5, 0.6) is 0 Å². The van der Waals surface area contributed by atoms with Crippen molar-refractivity contribution in [2.45, 2.75) is 122 Å². The lowest BCUT2D eigenvalue weighted by Crippen LogP contribution is -2.53. The molecule has 1 unspecified atom stereocenters. The van der Waals surface area contributed by atoms with Gasteiger partial charge in [0.2, 0.25) is 8.32 Å². The summed E-state index contributed by atoms with van der Waals surface area (Å²) in [5, 5.41) is 0. The topological polar surface area (TPSA) is 54.0 Å². The molecule has 1 aliphatic heterocycles. The van der Waals surface area contributed by atoms with Crippen LogP contribution in [0, 0.1) is 0 Å². The van der Waals surface area contributed by atoms with Gasteiger partial charge in [-0.25, -0.2) is 0 Å². The van der Waals surface area contributed by atoms with Crippen LogP contribution in [0.1, 0.15) is 81.1 Å². The zero-order valence-corrected chi connectivity index (χ0v) is 23.1. The van der Waals surface area contributed by atoms with Gasteiger partial charge in [0.1, 0.15) is 12.2 Å². The first-order valence-electron chi connectivity index (χ1n) is 12.3. The molecule has 0 aromatic rings. The van der Waals surface area contributed by atoms with Crippen molar-refractivity contribution in [3.63, 3.8) is 0 Å². The average molecular weight is 469 g/mol. The minimum Gasteiger partial charge on any atom is -0.459 e. The number of esters is 1. The summed E-state index contributed by atoms with van der Waals surface area (Å²) in [6.07, 6.45) is 8.67. The van der Waals surface area contributed by atoms with Crippen molar-refractivity contribution >= 4 is 14.3 Å². The molecule has 1 aliphatic rings. The lowest BCUT2D eigenvalue weighted by atomic mass is 9.99. The van der Waals surface area contributed by atoms with E-state index >= 15 is 0 Å². The standard InChI is InChI=1S/C26H48O5Si/c1-11-12-22(28-9)14-13-21(8)15-25(24-16-23(29-10)17-26(27)30-24)31-32(18(2)3,19(4)5)20(6)7/h13-15,18-20,22-25H,11-12,16-17H2,1-10H3/t22-,23-,24-,25?/m1/s1. The fraction of sp³-hybridized carbons (Fsp3) is 0.808. The summed E-state index contributed by atoms with van der Waals surface area (Å²) < 4.78 is 24.1. The molecule has 1 fully saturated rings. The summed E-state index contributed by atoms with van der Waals surface area (Å²) in [4.78, 5) is 12.3. The second-order valence-electron chi connectivity index (χ2n) is 10.1. The molecule has 186 valence electrons. The summed E-state index contributed by atoms with van der Waals surface area (Å²) >= 11 is 0. The molecule has 0 radical (unpaired) electrons. The van der Waals surface area contributed by atoms with Crippen molar-refractivity contribution in [2.24, 2.45) is 0 Å². The Morgan fingerprint density at radius 3 is 2.19 bits per heavy atom. The molecular formula is C26H48O5Si. The smallest absolute Gasteiger partial charge is 0.308 e. The minimum absolute atomic E-state index is 0.101. The molecule has 0 saturated carbocycles. The van der Waals surface area contributed by atoms with Crippen LogP contribution in [0.15, 0.2) is 23.8 Å². The molecule has 0 aromatic carbocycles. The maximum absolute atomic E-state index is 12.3. The molecule has 32 heavy (non-hydrogen) atoms. The van der Waals surface area contributed by atoms with Crippen molar-refractivity contribution in [3.8, 4) is 0 Å². The van der Waals surface area contributed by atoms with Crippen LogP contribution in [0.25, 0.3) is 0 Å². The van der Waals surface area contributed by atoms with E-state index in [2.05, 4.69) is 73.6 Å². The highest BCUT2D eigenvalue weighted by molar-refractivity contribution is 6.77. The summed E-state index contributed by atoms with van der Waals surface area (Å²) in [6, 6.07) is 0. The average Bonchev–Trinajstić information content (AvgIpc) is 2.72. The van der Waals surface area contributed by atoms with Gasteiger partial charge in [-0.3, -0.25) is 4.79 Å². The maximum Gasteiger partial charge on any atom is 0.308 e. The van der Waals surface area contributed by atoms with Crippen LogP contribution in [-0.2, 0) is 23.4 Å². The fourth-order valence-corrected chi connectivity index (χ4v) is 10.7. The van der Waals surface area contributed by atoms with Crippen LogP contribution in [0.3, 0.4) is 0 Å². The first-order chi connectivity index (χ1) is 15.0. The summed E-state index contributed by atoms with van der Waals surface area (Å²) in [5.74, 6) is -0.211. The molecule has 0 bridgehead atoms. The molecule has 0 amide bonds. The lowest BCUT2D eigenvalue weighted by Gasteiger charge is -2.46. The molecule has 1 heterocycles. The molecule has 0 aromatic heterocycles. The van der Waals surface area contributed by atoms with E-state index < -0.39 is 8.32 Å². The highest BCUT2D eigenvalue weighted by atomic mass is 28.4. The Morgan fingerprint density at radius 1 is 1.12 bits per heavy atom. The Kier molecular flexibility index (Phi) is 12.4. The Morgan fingerprint density at radius 2 is 1.72 bits per heavy atom. The van der Waals surface area contributed by atoms with Crippen molar-refractivity contribution in [1.29, 1.82) is 0 Å². The largest absolute Gasteiger partial charge is 0.459 e. The predicted octanol–water partition coefficient (Wildman–Crippen LogP) is 6.59.